The number of nitroso groups, excluding NO2 is 1. The number of carbonyl (C=O) groups excluding carboxylic acids is 1. The molecule has 0 saturated carbocycles. The van der Waals surface area contributed by atoms with Crippen molar-refractivity contribution in [1.29, 1.82) is 0 Å². The number of nitrogens with zero attached hydrogens (tertiary/aromatic N) is 3. The number of carbonyl (C=O) groups is 1. The third-order valence-corrected chi connectivity index (χ3v) is 3.65. The number of hydrogen-bond donors (Lipinski definition) is 1. The van der Waals surface area contributed by atoms with E-state index in [1.807, 2.05) is 30.7 Å². The molecule has 0 aliphatic rings. The average Bonchev–Trinajstić information content (AvgIpc) is 3.09. The Labute approximate surface area is 155 Å². The largest absolute Gasteiger partial charge is 0.492 e. The summed E-state index contributed by atoms with van der Waals surface area (Å²) in [6.07, 6.45) is 2.93. The van der Waals surface area contributed by atoms with Gasteiger partial charge in [-0.1, -0.05) is 0 Å². The summed E-state index contributed by atoms with van der Waals surface area (Å²) in [7, 11) is 0. The molecule has 1 amide bonds. The molecule has 0 spiro atoms. The molecule has 27 heavy (non-hydrogen) atoms. The van der Waals surface area contributed by atoms with Crippen LogP contribution in [0.15, 0.2) is 60.2 Å². The highest BCUT2D eigenvalue weighted by Crippen LogP contribution is 2.27. The van der Waals surface area contributed by atoms with Gasteiger partial charge in [0.2, 0.25) is 0 Å². The van der Waals surface area contributed by atoms with Crippen LogP contribution < -0.4 is 14.8 Å². The first-order valence-electron chi connectivity index (χ1n) is 8.29. The van der Waals surface area contributed by atoms with E-state index in [0.717, 1.165) is 11.4 Å². The number of aryl methyl sites for hydroxylation is 1. The minimum atomic E-state index is -0.657. The summed E-state index contributed by atoms with van der Waals surface area (Å²) in [5, 5.41) is 5.44. The number of amides is 1. The van der Waals surface area contributed by atoms with Crippen molar-refractivity contribution in [3.05, 3.63) is 65.6 Å². The fourth-order valence-corrected chi connectivity index (χ4v) is 2.45. The topological polar surface area (TPSA) is 94.8 Å². The van der Waals surface area contributed by atoms with Crippen LogP contribution >= 0.6 is 0 Å². The second-order valence-corrected chi connectivity index (χ2v) is 5.64. The van der Waals surface area contributed by atoms with Gasteiger partial charge in [-0.15, -0.1) is 4.91 Å². The van der Waals surface area contributed by atoms with Gasteiger partial charge < -0.3 is 14.0 Å². The van der Waals surface area contributed by atoms with Gasteiger partial charge in [-0.25, -0.2) is 9.78 Å². The minimum absolute atomic E-state index is 0.259. The Morgan fingerprint density at radius 1 is 1.22 bits per heavy atom. The Morgan fingerprint density at radius 2 is 2.00 bits per heavy atom. The van der Waals surface area contributed by atoms with Gasteiger partial charge in [-0.2, -0.15) is 0 Å². The van der Waals surface area contributed by atoms with Gasteiger partial charge in [-0.05, 0) is 55.4 Å². The molecule has 2 aromatic carbocycles. The highest BCUT2D eigenvalue weighted by Gasteiger charge is 2.11. The fourth-order valence-electron chi connectivity index (χ4n) is 2.45. The molecular weight excluding hydrogens is 348 g/mol. The summed E-state index contributed by atoms with van der Waals surface area (Å²) >= 11 is 0. The molecule has 0 aliphatic heterocycles. The molecule has 3 rings (SSSR count). The first kappa shape index (κ1) is 18.1. The van der Waals surface area contributed by atoms with E-state index in [0.29, 0.717) is 23.8 Å². The highest BCUT2D eigenvalue weighted by molar-refractivity contribution is 5.87. The number of ether oxygens (including phenoxy) is 2. The summed E-state index contributed by atoms with van der Waals surface area (Å²) in [6.45, 7) is 4.27. The highest BCUT2D eigenvalue weighted by atomic mass is 16.6. The zero-order valence-corrected chi connectivity index (χ0v) is 14.9. The van der Waals surface area contributed by atoms with Crippen LogP contribution in [-0.4, -0.2) is 22.3 Å². The molecule has 0 unspecified atom stereocenters. The molecule has 8 heteroatoms. The molecule has 1 N–H and O–H groups in total. The van der Waals surface area contributed by atoms with Crippen LogP contribution in [0.4, 0.5) is 16.2 Å². The first-order valence-corrected chi connectivity index (χ1v) is 8.29. The monoisotopic (exact) mass is 366 g/mol. The lowest BCUT2D eigenvalue weighted by molar-refractivity contribution is 0.215. The molecule has 0 atom stereocenters. The van der Waals surface area contributed by atoms with E-state index in [9.17, 15) is 9.70 Å². The van der Waals surface area contributed by atoms with E-state index >= 15 is 0 Å². The second-order valence-electron chi connectivity index (χ2n) is 5.64. The maximum absolute atomic E-state index is 12.1. The number of aromatic nitrogens is 2. The van der Waals surface area contributed by atoms with Crippen molar-refractivity contribution < 1.29 is 14.3 Å². The summed E-state index contributed by atoms with van der Waals surface area (Å²) in [4.78, 5) is 26.7. The lowest BCUT2D eigenvalue weighted by Crippen LogP contribution is -2.16. The third-order valence-electron chi connectivity index (χ3n) is 3.65. The number of hydrogen-bond acceptors (Lipinski definition) is 6. The molecule has 138 valence electrons. The van der Waals surface area contributed by atoms with Crippen LogP contribution in [0.2, 0.25) is 0 Å². The van der Waals surface area contributed by atoms with Crippen molar-refractivity contribution in [1.82, 2.24) is 9.55 Å². The number of rotatable bonds is 6. The van der Waals surface area contributed by atoms with Crippen molar-refractivity contribution in [3.63, 3.8) is 0 Å². The van der Waals surface area contributed by atoms with Crippen molar-refractivity contribution in [3.8, 4) is 17.2 Å². The third kappa shape index (κ3) is 4.49. The number of anilines is 1. The van der Waals surface area contributed by atoms with E-state index in [1.54, 1.807) is 18.5 Å². The summed E-state index contributed by atoms with van der Waals surface area (Å²) in [6, 6.07) is 11.2. The Bertz CT molecular complexity index is 951. The maximum Gasteiger partial charge on any atom is 0.417 e. The summed E-state index contributed by atoms with van der Waals surface area (Å²) in [5.74, 6) is 0.907. The first-order chi connectivity index (χ1) is 13.1. The molecule has 0 saturated heterocycles. The number of imidazole rings is 1. The van der Waals surface area contributed by atoms with Gasteiger partial charge in [0.05, 0.1) is 24.3 Å². The van der Waals surface area contributed by atoms with E-state index in [1.165, 1.54) is 24.3 Å². The van der Waals surface area contributed by atoms with Gasteiger partial charge >= 0.3 is 6.09 Å². The molecule has 0 bridgehead atoms. The molecule has 0 aliphatic carbocycles. The van der Waals surface area contributed by atoms with Gasteiger partial charge in [0.1, 0.15) is 17.2 Å². The maximum atomic E-state index is 12.1. The standard InChI is InChI=1S/C19H18N4O4/c1-3-26-18-10-15(6-9-17(18)23-11-13(2)20-12-23)21-19(24)27-16-7-4-14(22-25)5-8-16/h4-12H,3H2,1-2H3,(H,21,24). The Hall–Kier alpha value is -3.68. The van der Waals surface area contributed by atoms with Crippen LogP contribution in [-0.2, 0) is 0 Å². The van der Waals surface area contributed by atoms with Crippen LogP contribution in [0, 0.1) is 11.8 Å². The Balaban J connectivity index is 1.74. The summed E-state index contributed by atoms with van der Waals surface area (Å²) in [5.41, 5.74) is 2.48. The Morgan fingerprint density at radius 3 is 2.63 bits per heavy atom. The smallest absolute Gasteiger partial charge is 0.417 e. The lowest BCUT2D eigenvalue weighted by atomic mass is 10.2. The molecule has 0 fully saturated rings. The van der Waals surface area contributed by atoms with E-state index in [4.69, 9.17) is 9.47 Å². The fraction of sp³-hybridized carbons (Fsp3) is 0.158. The number of nitrogens with one attached hydrogen (secondary N) is 1. The predicted molar refractivity (Wildman–Crippen MR) is 101 cm³/mol. The zero-order valence-electron chi connectivity index (χ0n) is 14.9. The van der Waals surface area contributed by atoms with Crippen molar-refractivity contribution in [2.24, 2.45) is 5.18 Å². The second kappa shape index (κ2) is 8.13. The van der Waals surface area contributed by atoms with Crippen LogP contribution in [0.3, 0.4) is 0 Å². The van der Waals surface area contributed by atoms with Crippen LogP contribution in [0.1, 0.15) is 12.6 Å². The van der Waals surface area contributed by atoms with E-state index < -0.39 is 6.09 Å². The van der Waals surface area contributed by atoms with Crippen LogP contribution in [0.25, 0.3) is 5.69 Å². The molecule has 1 heterocycles. The van der Waals surface area contributed by atoms with Crippen LogP contribution in [0.5, 0.6) is 11.5 Å². The molecule has 3 aromatic rings. The van der Waals surface area contributed by atoms with Gasteiger partial charge in [-0.3, -0.25) is 5.32 Å². The molecule has 0 radical (unpaired) electrons. The zero-order chi connectivity index (χ0) is 19.2. The Kier molecular flexibility index (Phi) is 5.46. The van der Waals surface area contributed by atoms with Gasteiger partial charge in [0.25, 0.3) is 0 Å². The van der Waals surface area contributed by atoms with E-state index in [2.05, 4.69) is 15.5 Å². The van der Waals surface area contributed by atoms with Crippen molar-refractivity contribution in [2.45, 2.75) is 13.8 Å². The molecule has 8 nitrogen and oxygen atoms in total. The average molecular weight is 366 g/mol. The quantitative estimate of drug-likeness (QED) is 0.644. The van der Waals surface area contributed by atoms with E-state index in [-0.39, 0.29) is 5.69 Å². The van der Waals surface area contributed by atoms with Crippen molar-refractivity contribution in [2.75, 3.05) is 11.9 Å². The minimum Gasteiger partial charge on any atom is -0.492 e. The SMILES string of the molecule is CCOc1cc(NC(=O)Oc2ccc(N=O)cc2)ccc1-n1cnc(C)c1. The predicted octanol–water partition coefficient (Wildman–Crippen LogP) is 4.59. The van der Waals surface area contributed by atoms with Gasteiger partial charge in [0, 0.05) is 18.0 Å². The normalized spacial score (nSPS) is 10.3. The molecule has 1 aromatic heterocycles. The molecular formula is C19H18N4O4. The number of benzene rings is 2. The summed E-state index contributed by atoms with van der Waals surface area (Å²) < 4.78 is 12.7. The lowest BCUT2D eigenvalue weighted by Gasteiger charge is -2.13. The van der Waals surface area contributed by atoms with Gasteiger partial charge in [0.15, 0.2) is 0 Å². The van der Waals surface area contributed by atoms with Crippen molar-refractivity contribution >= 4 is 17.5 Å².